The van der Waals surface area contributed by atoms with Crippen LogP contribution in [-0.2, 0) is 6.54 Å². The van der Waals surface area contributed by atoms with E-state index in [1.54, 1.807) is 0 Å². The zero-order chi connectivity index (χ0) is 24.6. The minimum Gasteiger partial charge on any atom is -0.455 e. The van der Waals surface area contributed by atoms with Crippen LogP contribution in [0.25, 0.3) is 21.8 Å². The van der Waals surface area contributed by atoms with Gasteiger partial charge in [0.2, 0.25) is 0 Å². The number of aromatic nitrogens is 1. The summed E-state index contributed by atoms with van der Waals surface area (Å²) < 4.78 is 15.8. The Morgan fingerprint density at radius 3 is 2.17 bits per heavy atom. The number of benzene rings is 4. The quantitative estimate of drug-likeness (QED) is 0.202. The lowest BCUT2D eigenvalue weighted by molar-refractivity contribution is 0.571. The number of halogens is 1. The van der Waals surface area contributed by atoms with Crippen LogP contribution in [0.5, 0.6) is 5.75 Å². The van der Waals surface area contributed by atoms with Crippen molar-refractivity contribution in [3.05, 3.63) is 102 Å². The summed E-state index contributed by atoms with van der Waals surface area (Å²) in [5.41, 5.74) is 3.40. The van der Waals surface area contributed by atoms with Gasteiger partial charge in [0.05, 0.1) is 5.69 Å². The second kappa shape index (κ2) is 9.33. The van der Waals surface area contributed by atoms with E-state index in [0.29, 0.717) is 0 Å². The first kappa shape index (κ1) is 23.9. The molecule has 0 unspecified atom stereocenters. The fraction of sp³-hybridized carbons (Fsp3) is 0.200. The Morgan fingerprint density at radius 1 is 0.800 bits per heavy atom. The first-order chi connectivity index (χ1) is 16.8. The highest BCUT2D eigenvalue weighted by Gasteiger charge is 2.39. The molecule has 1 aromatic heterocycles. The minimum absolute atomic E-state index is 0.255. The van der Waals surface area contributed by atoms with Gasteiger partial charge in [0.25, 0.3) is 0 Å². The van der Waals surface area contributed by atoms with E-state index in [0.717, 1.165) is 27.8 Å². The van der Waals surface area contributed by atoms with Crippen LogP contribution in [0.4, 0.5) is 5.69 Å². The molecule has 0 aliphatic carbocycles. The standard InChI is InChI=1S/C30H30BrN2OP/c1-5-33-28-18-12-9-15-24(28)25-21-23(19-20-29(25)33)35(30(2,3)4,34-22-13-7-6-8-14-22)32-27-17-11-10-16-26(27)31/h6-21H,5H2,1-4H3/t35-/m1/s1. The molecule has 5 heteroatoms. The number of fused-ring (bicyclic) bond motifs is 3. The van der Waals surface area contributed by atoms with Crippen molar-refractivity contribution in [3.8, 4) is 5.75 Å². The lowest BCUT2D eigenvalue weighted by atomic mass is 10.1. The molecule has 5 rings (SSSR count). The molecule has 0 fully saturated rings. The van der Waals surface area contributed by atoms with E-state index in [1.807, 2.05) is 48.5 Å². The maximum atomic E-state index is 7.02. The van der Waals surface area contributed by atoms with Crippen molar-refractivity contribution in [3.63, 3.8) is 0 Å². The first-order valence-electron chi connectivity index (χ1n) is 12.0. The van der Waals surface area contributed by atoms with Gasteiger partial charge < -0.3 is 9.09 Å². The van der Waals surface area contributed by atoms with E-state index in [2.05, 4.69) is 96.7 Å². The molecule has 0 aliphatic heterocycles. The Balaban J connectivity index is 1.86. The van der Waals surface area contributed by atoms with Crippen LogP contribution in [-0.4, -0.2) is 9.72 Å². The van der Waals surface area contributed by atoms with Gasteiger partial charge in [0.15, 0.2) is 7.28 Å². The van der Waals surface area contributed by atoms with E-state index in [1.165, 1.54) is 21.8 Å². The molecule has 5 aromatic rings. The average molecular weight is 545 g/mol. The molecule has 0 saturated carbocycles. The molecule has 1 heterocycles. The third-order valence-corrected chi connectivity index (χ3v) is 10.9. The van der Waals surface area contributed by atoms with Crippen LogP contribution >= 0.6 is 23.2 Å². The molecule has 0 bridgehead atoms. The molecule has 0 spiro atoms. The molecular weight excluding hydrogens is 515 g/mol. The van der Waals surface area contributed by atoms with Gasteiger partial charge in [0, 0.05) is 43.3 Å². The number of hydrogen-bond donors (Lipinski definition) is 0. The normalized spacial score (nSPS) is 13.6. The van der Waals surface area contributed by atoms with Crippen molar-refractivity contribution in [2.24, 2.45) is 4.74 Å². The third-order valence-electron chi connectivity index (χ3n) is 6.41. The molecule has 0 N–H and O–H groups in total. The summed E-state index contributed by atoms with van der Waals surface area (Å²) >= 11 is 3.72. The fourth-order valence-electron chi connectivity index (χ4n) is 4.69. The summed E-state index contributed by atoms with van der Waals surface area (Å²) in [6.07, 6.45) is 0. The number of aryl methyl sites for hydroxylation is 1. The predicted molar refractivity (Wildman–Crippen MR) is 155 cm³/mol. The van der Waals surface area contributed by atoms with Crippen LogP contribution in [0.3, 0.4) is 0 Å². The monoisotopic (exact) mass is 544 g/mol. The van der Waals surface area contributed by atoms with Crippen LogP contribution in [0, 0.1) is 0 Å². The second-order valence-corrected chi connectivity index (χ2v) is 13.9. The van der Waals surface area contributed by atoms with Gasteiger partial charge in [-0.2, -0.15) is 0 Å². The van der Waals surface area contributed by atoms with Crippen molar-refractivity contribution < 1.29 is 4.52 Å². The van der Waals surface area contributed by atoms with E-state index in [9.17, 15) is 0 Å². The molecule has 0 amide bonds. The van der Waals surface area contributed by atoms with Gasteiger partial charge in [-0.15, -0.1) is 0 Å². The highest BCUT2D eigenvalue weighted by Crippen LogP contribution is 2.62. The van der Waals surface area contributed by atoms with Gasteiger partial charge in [0.1, 0.15) is 5.75 Å². The SMILES string of the molecule is CCn1c2ccccc2c2cc([P@@](=Nc3ccccc3Br)(Oc3ccccc3)C(C)(C)C)ccc21. The van der Waals surface area contributed by atoms with Crippen molar-refractivity contribution in [2.45, 2.75) is 39.4 Å². The maximum Gasteiger partial charge on any atom is 0.173 e. The maximum absolute atomic E-state index is 7.02. The van der Waals surface area contributed by atoms with Gasteiger partial charge >= 0.3 is 0 Å². The number of nitrogens with zero attached hydrogens (tertiary/aromatic N) is 2. The Hall–Kier alpha value is -2.81. The summed E-state index contributed by atoms with van der Waals surface area (Å²) in [6, 6.07) is 33.7. The largest absolute Gasteiger partial charge is 0.455 e. The van der Waals surface area contributed by atoms with Crippen LogP contribution < -0.4 is 9.83 Å². The summed E-state index contributed by atoms with van der Waals surface area (Å²) in [5.74, 6) is 0.836. The molecule has 3 nitrogen and oxygen atoms in total. The van der Waals surface area contributed by atoms with E-state index in [4.69, 9.17) is 9.27 Å². The zero-order valence-corrected chi connectivity index (χ0v) is 23.1. The Morgan fingerprint density at radius 2 is 1.46 bits per heavy atom. The Labute approximate surface area is 216 Å². The van der Waals surface area contributed by atoms with Gasteiger partial charge in [-0.25, -0.2) is 4.74 Å². The molecule has 0 saturated heterocycles. The molecule has 178 valence electrons. The minimum atomic E-state index is -2.60. The van der Waals surface area contributed by atoms with Crippen molar-refractivity contribution in [2.75, 3.05) is 0 Å². The molecule has 0 aliphatic rings. The lowest BCUT2D eigenvalue weighted by Gasteiger charge is -2.37. The van der Waals surface area contributed by atoms with Crippen molar-refractivity contribution in [1.29, 1.82) is 0 Å². The number of para-hydroxylation sites is 2. The van der Waals surface area contributed by atoms with Crippen molar-refractivity contribution in [1.82, 2.24) is 4.57 Å². The van der Waals surface area contributed by atoms with Gasteiger partial charge in [-0.3, -0.25) is 0 Å². The van der Waals surface area contributed by atoms with E-state index < -0.39 is 7.28 Å². The summed E-state index contributed by atoms with van der Waals surface area (Å²) in [5, 5.41) is 3.39. The van der Waals surface area contributed by atoms with Gasteiger partial charge in [-0.1, -0.05) is 69.3 Å². The summed E-state index contributed by atoms with van der Waals surface area (Å²) in [4.78, 5) is 0. The summed E-state index contributed by atoms with van der Waals surface area (Å²) in [7, 11) is -2.60. The Kier molecular flexibility index (Phi) is 6.38. The smallest absolute Gasteiger partial charge is 0.173 e. The van der Waals surface area contributed by atoms with Crippen LogP contribution in [0.1, 0.15) is 27.7 Å². The third kappa shape index (κ3) is 4.24. The average Bonchev–Trinajstić information content (AvgIpc) is 3.18. The molecule has 1 atom stereocenters. The zero-order valence-electron chi connectivity index (χ0n) is 20.6. The van der Waals surface area contributed by atoms with Crippen LogP contribution in [0.2, 0.25) is 0 Å². The van der Waals surface area contributed by atoms with E-state index >= 15 is 0 Å². The second-order valence-electron chi connectivity index (χ2n) is 9.67. The first-order valence-corrected chi connectivity index (χ1v) is 14.4. The number of rotatable bonds is 5. The van der Waals surface area contributed by atoms with Gasteiger partial charge in [-0.05, 0) is 71.4 Å². The topological polar surface area (TPSA) is 26.5 Å². The number of hydrogen-bond acceptors (Lipinski definition) is 2. The fourth-order valence-corrected chi connectivity index (χ4v) is 8.30. The molecule has 35 heavy (non-hydrogen) atoms. The molecular formula is C30H30BrN2OP. The molecule has 0 radical (unpaired) electrons. The Bertz CT molecular complexity index is 1560. The van der Waals surface area contributed by atoms with Crippen LogP contribution in [0.15, 0.2) is 106 Å². The highest BCUT2D eigenvalue weighted by molar-refractivity contribution is 9.10. The molecule has 4 aromatic carbocycles. The lowest BCUT2D eigenvalue weighted by Crippen LogP contribution is -2.27. The summed E-state index contributed by atoms with van der Waals surface area (Å²) in [6.45, 7) is 9.84. The van der Waals surface area contributed by atoms with Crippen molar-refractivity contribution >= 4 is 56.0 Å². The predicted octanol–water partition coefficient (Wildman–Crippen LogP) is 9.53. The van der Waals surface area contributed by atoms with E-state index in [-0.39, 0.29) is 5.16 Å². The highest BCUT2D eigenvalue weighted by atomic mass is 79.9.